The van der Waals surface area contributed by atoms with Crippen molar-refractivity contribution in [2.45, 2.75) is 0 Å². The molecule has 3 rings (SSSR count). The number of amides is 3. The molecule has 2 heterocycles. The lowest BCUT2D eigenvalue weighted by atomic mass is 10.1. The average molecular weight is 314 g/mol. The summed E-state index contributed by atoms with van der Waals surface area (Å²) in [5, 5.41) is 3.50. The lowest BCUT2D eigenvalue weighted by Crippen LogP contribution is -2.52. The lowest BCUT2D eigenvalue weighted by molar-refractivity contribution is -0.138. The van der Waals surface area contributed by atoms with Gasteiger partial charge in [-0.05, 0) is 6.07 Å². The lowest BCUT2D eigenvalue weighted by Gasteiger charge is -2.28. The summed E-state index contributed by atoms with van der Waals surface area (Å²) in [5.41, 5.74) is 1.41. The van der Waals surface area contributed by atoms with Gasteiger partial charge in [-0.1, -0.05) is 18.2 Å². The van der Waals surface area contributed by atoms with Gasteiger partial charge in [0, 0.05) is 37.2 Å². The maximum absolute atomic E-state index is 12.6. The Labute approximate surface area is 133 Å². The fourth-order valence-electron chi connectivity index (χ4n) is 2.68. The van der Waals surface area contributed by atoms with Crippen LogP contribution in [0.1, 0.15) is 10.4 Å². The molecule has 7 heteroatoms. The molecule has 0 spiro atoms. The van der Waals surface area contributed by atoms with Gasteiger partial charge < -0.3 is 20.1 Å². The molecule has 0 bridgehead atoms. The van der Waals surface area contributed by atoms with Gasteiger partial charge in [-0.3, -0.25) is 14.4 Å². The summed E-state index contributed by atoms with van der Waals surface area (Å²) in [5.74, 6) is -0.622. The van der Waals surface area contributed by atoms with Crippen molar-refractivity contribution in [2.75, 3.05) is 33.2 Å². The van der Waals surface area contributed by atoms with Gasteiger partial charge in [-0.2, -0.15) is 0 Å². The third-order valence-electron chi connectivity index (χ3n) is 3.93. The van der Waals surface area contributed by atoms with E-state index < -0.39 is 0 Å². The van der Waals surface area contributed by atoms with Gasteiger partial charge >= 0.3 is 0 Å². The molecule has 7 nitrogen and oxygen atoms in total. The summed E-state index contributed by atoms with van der Waals surface area (Å²) >= 11 is 0. The number of para-hydroxylation sites is 1. The van der Waals surface area contributed by atoms with E-state index in [0.717, 1.165) is 10.9 Å². The first-order valence-corrected chi connectivity index (χ1v) is 7.42. The number of carbonyl (C=O) groups is 3. The quantitative estimate of drug-likeness (QED) is 0.848. The second kappa shape index (κ2) is 6.12. The van der Waals surface area contributed by atoms with E-state index in [2.05, 4.69) is 10.3 Å². The maximum atomic E-state index is 12.6. The van der Waals surface area contributed by atoms with Crippen LogP contribution in [0.25, 0.3) is 10.9 Å². The smallest absolute Gasteiger partial charge is 0.256 e. The van der Waals surface area contributed by atoms with Crippen molar-refractivity contribution in [3.8, 4) is 0 Å². The highest BCUT2D eigenvalue weighted by molar-refractivity contribution is 6.07. The van der Waals surface area contributed by atoms with Gasteiger partial charge in [0.15, 0.2) is 0 Å². The predicted octanol–water partition coefficient (Wildman–Crippen LogP) is 0.198. The summed E-state index contributed by atoms with van der Waals surface area (Å²) in [6.45, 7) is 0.921. The molecule has 1 aliphatic heterocycles. The van der Waals surface area contributed by atoms with Crippen LogP contribution in [-0.4, -0.2) is 65.7 Å². The van der Waals surface area contributed by atoms with Crippen LogP contribution in [0.2, 0.25) is 0 Å². The van der Waals surface area contributed by atoms with Gasteiger partial charge in [-0.25, -0.2) is 0 Å². The number of benzene rings is 1. The number of rotatable bonds is 3. The van der Waals surface area contributed by atoms with Gasteiger partial charge in [0.2, 0.25) is 11.8 Å². The number of H-pyrrole nitrogens is 1. The normalized spacial score (nSPS) is 14.7. The largest absolute Gasteiger partial charge is 0.360 e. The minimum atomic E-state index is -0.226. The molecule has 3 amide bonds. The van der Waals surface area contributed by atoms with Crippen molar-refractivity contribution in [2.24, 2.45) is 0 Å². The Morgan fingerprint density at radius 1 is 1.30 bits per heavy atom. The minimum absolute atomic E-state index is 0.0496. The highest BCUT2D eigenvalue weighted by Gasteiger charge is 2.24. The number of nitrogens with zero attached hydrogens (tertiary/aromatic N) is 2. The zero-order chi connectivity index (χ0) is 16.4. The van der Waals surface area contributed by atoms with Crippen LogP contribution in [0, 0.1) is 0 Å². The van der Waals surface area contributed by atoms with Crippen molar-refractivity contribution < 1.29 is 14.4 Å². The van der Waals surface area contributed by atoms with Crippen LogP contribution >= 0.6 is 0 Å². The van der Waals surface area contributed by atoms with E-state index in [9.17, 15) is 14.4 Å². The zero-order valence-corrected chi connectivity index (χ0v) is 12.8. The summed E-state index contributed by atoms with van der Waals surface area (Å²) < 4.78 is 0. The first kappa shape index (κ1) is 15.1. The first-order valence-electron chi connectivity index (χ1n) is 7.42. The average Bonchev–Trinajstić information content (AvgIpc) is 2.98. The molecule has 0 radical (unpaired) electrons. The van der Waals surface area contributed by atoms with Crippen molar-refractivity contribution >= 4 is 28.6 Å². The number of hydrogen-bond donors (Lipinski definition) is 2. The summed E-state index contributed by atoms with van der Waals surface area (Å²) in [4.78, 5) is 42.0. The van der Waals surface area contributed by atoms with E-state index in [1.165, 1.54) is 9.80 Å². The number of fused-ring (bicyclic) bond motifs is 1. The highest BCUT2D eigenvalue weighted by Crippen LogP contribution is 2.19. The topological polar surface area (TPSA) is 85.5 Å². The van der Waals surface area contributed by atoms with E-state index >= 15 is 0 Å². The van der Waals surface area contributed by atoms with Gasteiger partial charge in [-0.15, -0.1) is 0 Å². The number of piperazine rings is 1. The van der Waals surface area contributed by atoms with E-state index in [-0.39, 0.29) is 30.8 Å². The molecule has 1 fully saturated rings. The molecule has 1 saturated heterocycles. The molecule has 0 saturated carbocycles. The first-order chi connectivity index (χ1) is 11.1. The molecule has 0 atom stereocenters. The maximum Gasteiger partial charge on any atom is 0.256 e. The Morgan fingerprint density at radius 3 is 2.87 bits per heavy atom. The van der Waals surface area contributed by atoms with Gasteiger partial charge in [0.25, 0.3) is 5.91 Å². The molecular weight excluding hydrogens is 296 g/mol. The third-order valence-corrected chi connectivity index (χ3v) is 3.93. The van der Waals surface area contributed by atoms with E-state index in [1.54, 1.807) is 13.2 Å². The second-order valence-corrected chi connectivity index (χ2v) is 5.57. The SMILES string of the molecule is CN(CC(=O)N1CCNC(=O)C1)C(=O)c1c[nH]c2ccccc12. The minimum Gasteiger partial charge on any atom is -0.360 e. The number of hydrogen-bond acceptors (Lipinski definition) is 3. The molecule has 1 aromatic carbocycles. The van der Waals surface area contributed by atoms with Gasteiger partial charge in [0.1, 0.15) is 0 Å². The summed E-state index contributed by atoms with van der Waals surface area (Å²) in [6.07, 6.45) is 1.66. The Hall–Kier alpha value is -2.83. The number of nitrogens with one attached hydrogen (secondary N) is 2. The fourth-order valence-corrected chi connectivity index (χ4v) is 2.68. The molecule has 120 valence electrons. The second-order valence-electron chi connectivity index (χ2n) is 5.57. The molecule has 0 unspecified atom stereocenters. The molecule has 1 aromatic heterocycles. The molecule has 2 N–H and O–H groups in total. The Kier molecular flexibility index (Phi) is 4.01. The summed E-state index contributed by atoms with van der Waals surface area (Å²) in [7, 11) is 1.59. The van der Waals surface area contributed by atoms with E-state index in [1.807, 2.05) is 24.3 Å². The number of aromatic amines is 1. The van der Waals surface area contributed by atoms with Crippen LogP contribution in [0.5, 0.6) is 0 Å². The molecular formula is C16H18N4O3. The molecule has 2 aromatic rings. The fraction of sp³-hybridized carbons (Fsp3) is 0.312. The van der Waals surface area contributed by atoms with E-state index in [0.29, 0.717) is 18.7 Å². The Bertz CT molecular complexity index is 768. The van der Waals surface area contributed by atoms with Gasteiger partial charge in [0.05, 0.1) is 18.7 Å². The van der Waals surface area contributed by atoms with Crippen LogP contribution in [0.3, 0.4) is 0 Å². The van der Waals surface area contributed by atoms with Crippen LogP contribution in [0.4, 0.5) is 0 Å². The Morgan fingerprint density at radius 2 is 2.09 bits per heavy atom. The number of likely N-dealkylation sites (N-methyl/N-ethyl adjacent to an activating group) is 1. The van der Waals surface area contributed by atoms with Crippen LogP contribution in [-0.2, 0) is 9.59 Å². The summed E-state index contributed by atoms with van der Waals surface area (Å²) in [6, 6.07) is 7.51. The van der Waals surface area contributed by atoms with E-state index in [4.69, 9.17) is 0 Å². The van der Waals surface area contributed by atoms with Crippen molar-refractivity contribution in [1.82, 2.24) is 20.1 Å². The molecule has 1 aliphatic rings. The van der Waals surface area contributed by atoms with Crippen molar-refractivity contribution in [3.63, 3.8) is 0 Å². The predicted molar refractivity (Wildman–Crippen MR) is 84.8 cm³/mol. The standard InChI is InChI=1S/C16H18N4O3/c1-19(10-15(22)20-7-6-17-14(21)9-20)16(23)12-8-18-13-5-3-2-4-11(12)13/h2-5,8,18H,6-7,9-10H2,1H3,(H,17,21). The zero-order valence-electron chi connectivity index (χ0n) is 12.8. The van der Waals surface area contributed by atoms with Crippen LogP contribution < -0.4 is 5.32 Å². The third kappa shape index (κ3) is 3.03. The van der Waals surface area contributed by atoms with Crippen molar-refractivity contribution in [1.29, 1.82) is 0 Å². The monoisotopic (exact) mass is 314 g/mol. The number of carbonyl (C=O) groups excluding carboxylic acids is 3. The highest BCUT2D eigenvalue weighted by atomic mass is 16.2. The molecule has 23 heavy (non-hydrogen) atoms. The molecule has 0 aliphatic carbocycles. The number of aromatic nitrogens is 1. The van der Waals surface area contributed by atoms with Crippen molar-refractivity contribution in [3.05, 3.63) is 36.0 Å². The van der Waals surface area contributed by atoms with Crippen LogP contribution in [0.15, 0.2) is 30.5 Å². The Balaban J connectivity index is 1.70.